The van der Waals surface area contributed by atoms with Crippen molar-refractivity contribution >= 4 is 17.5 Å². The average molecular weight is 382 g/mol. The van der Waals surface area contributed by atoms with Gasteiger partial charge in [0.25, 0.3) is 5.91 Å². The largest absolute Gasteiger partial charge is 0.493 e. The molecular formula is C22H20ClNO3. The van der Waals surface area contributed by atoms with E-state index in [2.05, 4.69) is 5.32 Å². The maximum absolute atomic E-state index is 12.9. The van der Waals surface area contributed by atoms with E-state index in [0.717, 1.165) is 11.1 Å². The van der Waals surface area contributed by atoms with E-state index in [9.17, 15) is 4.79 Å². The zero-order valence-electron chi connectivity index (χ0n) is 15.1. The van der Waals surface area contributed by atoms with Gasteiger partial charge in [0.15, 0.2) is 11.5 Å². The van der Waals surface area contributed by atoms with E-state index in [1.165, 1.54) is 0 Å². The molecule has 5 heteroatoms. The van der Waals surface area contributed by atoms with E-state index in [1.54, 1.807) is 32.4 Å². The fourth-order valence-corrected chi connectivity index (χ4v) is 2.98. The summed E-state index contributed by atoms with van der Waals surface area (Å²) < 4.78 is 10.5. The molecule has 0 bridgehead atoms. The molecule has 0 fully saturated rings. The molecule has 0 spiro atoms. The molecule has 4 nitrogen and oxygen atoms in total. The topological polar surface area (TPSA) is 47.6 Å². The summed E-state index contributed by atoms with van der Waals surface area (Å²) in [4.78, 5) is 12.9. The Morgan fingerprint density at radius 2 is 1.48 bits per heavy atom. The third-order valence-corrected chi connectivity index (χ3v) is 4.51. The molecule has 1 atom stereocenters. The predicted molar refractivity (Wildman–Crippen MR) is 107 cm³/mol. The Bertz CT molecular complexity index is 911. The van der Waals surface area contributed by atoms with Gasteiger partial charge in [0.1, 0.15) is 0 Å². The van der Waals surface area contributed by atoms with Crippen LogP contribution in [0.3, 0.4) is 0 Å². The number of carbonyl (C=O) groups excluding carboxylic acids is 1. The van der Waals surface area contributed by atoms with Crippen molar-refractivity contribution in [3.05, 3.63) is 94.5 Å². The lowest BCUT2D eigenvalue weighted by atomic mass is 9.98. The number of nitrogens with one attached hydrogen (secondary N) is 1. The minimum Gasteiger partial charge on any atom is -0.493 e. The Morgan fingerprint density at radius 3 is 2.11 bits per heavy atom. The molecule has 3 aromatic carbocycles. The third kappa shape index (κ3) is 4.41. The first-order valence-electron chi connectivity index (χ1n) is 8.45. The first-order valence-corrected chi connectivity index (χ1v) is 8.83. The molecule has 0 aromatic heterocycles. The van der Waals surface area contributed by atoms with E-state index < -0.39 is 0 Å². The molecule has 27 heavy (non-hydrogen) atoms. The highest BCUT2D eigenvalue weighted by atomic mass is 35.5. The van der Waals surface area contributed by atoms with Gasteiger partial charge >= 0.3 is 0 Å². The number of halogens is 1. The van der Waals surface area contributed by atoms with E-state index in [1.807, 2.05) is 54.6 Å². The van der Waals surface area contributed by atoms with Gasteiger partial charge in [-0.3, -0.25) is 4.79 Å². The van der Waals surface area contributed by atoms with Crippen molar-refractivity contribution < 1.29 is 14.3 Å². The maximum Gasteiger partial charge on any atom is 0.252 e. The van der Waals surface area contributed by atoms with Crippen LogP contribution in [0.15, 0.2) is 72.8 Å². The normalized spacial score (nSPS) is 11.5. The third-order valence-electron chi connectivity index (χ3n) is 4.26. The lowest BCUT2D eigenvalue weighted by Gasteiger charge is -2.20. The molecular weight excluding hydrogens is 362 g/mol. The standard InChI is InChI=1S/C22H20ClNO3/c1-26-19-13-10-17(14-20(19)27-2)22(25)24-21(15-6-4-3-5-7-15)16-8-11-18(23)12-9-16/h3-14,21H,1-2H3,(H,24,25). The molecule has 0 aliphatic rings. The van der Waals surface area contributed by atoms with Crippen molar-refractivity contribution in [1.82, 2.24) is 5.32 Å². The summed E-state index contributed by atoms with van der Waals surface area (Å²) in [5.74, 6) is 0.874. The second-order valence-electron chi connectivity index (χ2n) is 5.94. The lowest BCUT2D eigenvalue weighted by molar-refractivity contribution is 0.0942. The molecule has 0 heterocycles. The van der Waals surface area contributed by atoms with Gasteiger partial charge in [0.2, 0.25) is 0 Å². The molecule has 0 aliphatic heterocycles. The monoisotopic (exact) mass is 381 g/mol. The van der Waals surface area contributed by atoms with Crippen LogP contribution < -0.4 is 14.8 Å². The summed E-state index contributed by atoms with van der Waals surface area (Å²) in [6.07, 6.45) is 0. The van der Waals surface area contributed by atoms with Crippen LogP contribution in [-0.2, 0) is 0 Å². The van der Waals surface area contributed by atoms with Crippen LogP contribution in [0.25, 0.3) is 0 Å². The fraction of sp³-hybridized carbons (Fsp3) is 0.136. The van der Waals surface area contributed by atoms with Crippen LogP contribution in [0.1, 0.15) is 27.5 Å². The molecule has 0 saturated heterocycles. The highest BCUT2D eigenvalue weighted by molar-refractivity contribution is 6.30. The Hall–Kier alpha value is -2.98. The van der Waals surface area contributed by atoms with Gasteiger partial charge in [-0.1, -0.05) is 54.1 Å². The van der Waals surface area contributed by atoms with Crippen molar-refractivity contribution in [3.8, 4) is 11.5 Å². The van der Waals surface area contributed by atoms with Crippen LogP contribution in [0, 0.1) is 0 Å². The Morgan fingerprint density at radius 1 is 0.852 bits per heavy atom. The van der Waals surface area contributed by atoms with Gasteiger partial charge in [-0.05, 0) is 41.5 Å². The molecule has 3 rings (SSSR count). The quantitative estimate of drug-likeness (QED) is 0.662. The Balaban J connectivity index is 1.92. The second kappa shape index (κ2) is 8.60. The van der Waals surface area contributed by atoms with Crippen LogP contribution in [-0.4, -0.2) is 20.1 Å². The second-order valence-corrected chi connectivity index (χ2v) is 6.37. The Kier molecular flexibility index (Phi) is 5.99. The van der Waals surface area contributed by atoms with Gasteiger partial charge in [-0.25, -0.2) is 0 Å². The van der Waals surface area contributed by atoms with Crippen molar-refractivity contribution in [2.45, 2.75) is 6.04 Å². The molecule has 3 aromatic rings. The summed E-state index contributed by atoms with van der Waals surface area (Å²) >= 11 is 6.01. The molecule has 0 aliphatic carbocycles. The van der Waals surface area contributed by atoms with Crippen molar-refractivity contribution in [3.63, 3.8) is 0 Å². The van der Waals surface area contributed by atoms with Crippen molar-refractivity contribution in [2.24, 2.45) is 0 Å². The van der Waals surface area contributed by atoms with Crippen LogP contribution in [0.2, 0.25) is 5.02 Å². The summed E-state index contributed by atoms with van der Waals surface area (Å²) in [5, 5.41) is 3.75. The van der Waals surface area contributed by atoms with Gasteiger partial charge < -0.3 is 14.8 Å². The first-order chi connectivity index (χ1) is 13.1. The molecule has 0 saturated carbocycles. The number of hydrogen-bond donors (Lipinski definition) is 1. The van der Waals surface area contributed by atoms with Gasteiger partial charge in [0, 0.05) is 10.6 Å². The number of ether oxygens (including phenoxy) is 2. The van der Waals surface area contributed by atoms with Crippen molar-refractivity contribution in [1.29, 1.82) is 0 Å². The molecule has 1 N–H and O–H groups in total. The number of rotatable bonds is 6. The van der Waals surface area contributed by atoms with E-state index in [4.69, 9.17) is 21.1 Å². The van der Waals surface area contributed by atoms with Gasteiger partial charge in [0.05, 0.1) is 20.3 Å². The zero-order valence-corrected chi connectivity index (χ0v) is 15.9. The van der Waals surface area contributed by atoms with Crippen LogP contribution in [0.5, 0.6) is 11.5 Å². The molecule has 0 radical (unpaired) electrons. The predicted octanol–water partition coefficient (Wildman–Crippen LogP) is 4.88. The fourth-order valence-electron chi connectivity index (χ4n) is 2.85. The van der Waals surface area contributed by atoms with Crippen molar-refractivity contribution in [2.75, 3.05) is 14.2 Å². The molecule has 1 unspecified atom stereocenters. The molecule has 138 valence electrons. The number of hydrogen-bond acceptors (Lipinski definition) is 3. The lowest BCUT2D eigenvalue weighted by Crippen LogP contribution is -2.29. The van der Waals surface area contributed by atoms with E-state index in [-0.39, 0.29) is 11.9 Å². The maximum atomic E-state index is 12.9. The first kappa shape index (κ1) is 18.8. The van der Waals surface area contributed by atoms with Crippen LogP contribution in [0.4, 0.5) is 0 Å². The van der Waals surface area contributed by atoms with E-state index >= 15 is 0 Å². The smallest absolute Gasteiger partial charge is 0.252 e. The van der Waals surface area contributed by atoms with Crippen LogP contribution >= 0.6 is 11.6 Å². The highest BCUT2D eigenvalue weighted by Gasteiger charge is 2.19. The minimum absolute atomic E-state index is 0.209. The summed E-state index contributed by atoms with van der Waals surface area (Å²) in [7, 11) is 3.10. The highest BCUT2D eigenvalue weighted by Crippen LogP contribution is 2.29. The zero-order chi connectivity index (χ0) is 19.2. The summed E-state index contributed by atoms with van der Waals surface area (Å²) in [6.45, 7) is 0. The summed E-state index contributed by atoms with van der Waals surface area (Å²) in [6, 6.07) is 22.0. The van der Waals surface area contributed by atoms with Gasteiger partial charge in [-0.15, -0.1) is 0 Å². The van der Waals surface area contributed by atoms with E-state index in [0.29, 0.717) is 22.1 Å². The SMILES string of the molecule is COc1ccc(C(=O)NC(c2ccccc2)c2ccc(Cl)cc2)cc1OC. The van der Waals surface area contributed by atoms with Gasteiger partial charge in [-0.2, -0.15) is 0 Å². The number of methoxy groups -OCH3 is 2. The molecule has 1 amide bonds. The summed E-state index contributed by atoms with van der Waals surface area (Å²) in [5.41, 5.74) is 2.41. The Labute approximate surface area is 163 Å². The number of amides is 1. The number of carbonyl (C=O) groups is 1. The minimum atomic E-state index is -0.302. The number of benzene rings is 3. The average Bonchev–Trinajstić information content (AvgIpc) is 2.72.